The van der Waals surface area contributed by atoms with Gasteiger partial charge in [0.15, 0.2) is 5.96 Å². The summed E-state index contributed by atoms with van der Waals surface area (Å²) in [4.78, 5) is 7.87. The molecular formula is C16H19N3OS. The van der Waals surface area contributed by atoms with Crippen molar-refractivity contribution in [2.24, 2.45) is 10.7 Å². The minimum absolute atomic E-state index is 0.211. The quantitative estimate of drug-likeness (QED) is 0.923. The fourth-order valence-corrected chi connectivity index (χ4v) is 3.23. The van der Waals surface area contributed by atoms with Crippen molar-refractivity contribution in [3.8, 4) is 5.75 Å². The smallest absolute Gasteiger partial charge is 0.192 e. The first kappa shape index (κ1) is 13.9. The normalized spacial score (nSPS) is 17.9. The Bertz CT molecular complexity index is 607. The number of aliphatic imine (C=N–C) groups is 1. The maximum absolute atomic E-state index is 6.06. The van der Waals surface area contributed by atoms with Crippen LogP contribution in [-0.2, 0) is 6.54 Å². The molecule has 5 heteroatoms. The van der Waals surface area contributed by atoms with Gasteiger partial charge < -0.3 is 15.4 Å². The van der Waals surface area contributed by atoms with Gasteiger partial charge >= 0.3 is 0 Å². The summed E-state index contributed by atoms with van der Waals surface area (Å²) in [5.74, 6) is 1.53. The van der Waals surface area contributed by atoms with Crippen LogP contribution in [0, 0.1) is 0 Å². The molecule has 0 spiro atoms. The fourth-order valence-electron chi connectivity index (χ4n) is 2.53. The number of ether oxygens (including phenoxy) is 1. The molecule has 1 aliphatic heterocycles. The summed E-state index contributed by atoms with van der Waals surface area (Å²) in [6.07, 6.45) is 0. The summed E-state index contributed by atoms with van der Waals surface area (Å²) in [6.45, 7) is 4.20. The SMILES string of the molecule is CCOc1ccc(C2CN=C(N)N2Cc2cccs2)cc1. The third-order valence-electron chi connectivity index (χ3n) is 3.58. The topological polar surface area (TPSA) is 50.9 Å². The van der Waals surface area contributed by atoms with E-state index in [2.05, 4.69) is 39.5 Å². The molecule has 1 aromatic carbocycles. The standard InChI is InChI=1S/C16H19N3OS/c1-2-20-13-7-5-12(6-8-13)15-10-18-16(17)19(15)11-14-4-3-9-21-14/h3-9,15H,2,10-11H2,1H3,(H2,17,18). The van der Waals surface area contributed by atoms with Gasteiger partial charge in [-0.3, -0.25) is 4.99 Å². The van der Waals surface area contributed by atoms with Crippen molar-refractivity contribution in [2.45, 2.75) is 19.5 Å². The van der Waals surface area contributed by atoms with Crippen molar-refractivity contribution in [3.05, 3.63) is 52.2 Å². The van der Waals surface area contributed by atoms with Crippen LogP contribution in [0.25, 0.3) is 0 Å². The number of hydrogen-bond acceptors (Lipinski definition) is 5. The van der Waals surface area contributed by atoms with Crippen LogP contribution in [-0.4, -0.2) is 24.0 Å². The van der Waals surface area contributed by atoms with E-state index in [1.165, 1.54) is 10.4 Å². The number of nitrogens with two attached hydrogens (primary N) is 1. The first-order valence-corrected chi connectivity index (χ1v) is 7.97. The van der Waals surface area contributed by atoms with Crippen molar-refractivity contribution < 1.29 is 4.74 Å². The van der Waals surface area contributed by atoms with Gasteiger partial charge in [-0.05, 0) is 36.1 Å². The highest BCUT2D eigenvalue weighted by atomic mass is 32.1. The molecule has 2 heterocycles. The largest absolute Gasteiger partial charge is 0.494 e. The zero-order valence-electron chi connectivity index (χ0n) is 12.0. The van der Waals surface area contributed by atoms with E-state index in [1.54, 1.807) is 11.3 Å². The van der Waals surface area contributed by atoms with Crippen molar-refractivity contribution in [1.29, 1.82) is 0 Å². The number of rotatable bonds is 5. The lowest BCUT2D eigenvalue weighted by Gasteiger charge is -2.26. The summed E-state index contributed by atoms with van der Waals surface area (Å²) in [5, 5.41) is 2.09. The molecule has 1 unspecified atom stereocenters. The first-order valence-electron chi connectivity index (χ1n) is 7.09. The Morgan fingerprint density at radius 3 is 2.81 bits per heavy atom. The first-order chi connectivity index (χ1) is 10.3. The van der Waals surface area contributed by atoms with Gasteiger partial charge in [0.1, 0.15) is 5.75 Å². The molecule has 110 valence electrons. The van der Waals surface area contributed by atoms with E-state index in [0.717, 1.165) is 12.3 Å². The summed E-state index contributed by atoms with van der Waals surface area (Å²) in [6, 6.07) is 12.6. The molecule has 0 aliphatic carbocycles. The Hall–Kier alpha value is -2.01. The van der Waals surface area contributed by atoms with E-state index >= 15 is 0 Å². The number of hydrogen-bond donors (Lipinski definition) is 1. The number of guanidine groups is 1. The second-order valence-electron chi connectivity index (χ2n) is 4.92. The minimum atomic E-state index is 0.211. The zero-order chi connectivity index (χ0) is 14.7. The molecule has 0 amide bonds. The molecule has 1 aliphatic rings. The molecule has 1 aromatic heterocycles. The highest BCUT2D eigenvalue weighted by molar-refractivity contribution is 7.09. The summed E-state index contributed by atoms with van der Waals surface area (Å²) in [7, 11) is 0. The minimum Gasteiger partial charge on any atom is -0.494 e. The third-order valence-corrected chi connectivity index (χ3v) is 4.44. The average Bonchev–Trinajstić information content (AvgIpc) is 3.12. The molecule has 21 heavy (non-hydrogen) atoms. The van der Waals surface area contributed by atoms with Gasteiger partial charge in [-0.1, -0.05) is 18.2 Å². The lowest BCUT2D eigenvalue weighted by atomic mass is 10.1. The fraction of sp³-hybridized carbons (Fsp3) is 0.312. The van der Waals surface area contributed by atoms with Crippen LogP contribution in [0.2, 0.25) is 0 Å². The number of nitrogens with zero attached hydrogens (tertiary/aromatic N) is 2. The van der Waals surface area contributed by atoms with E-state index in [9.17, 15) is 0 Å². The highest BCUT2D eigenvalue weighted by Crippen LogP contribution is 2.29. The Morgan fingerprint density at radius 2 is 2.14 bits per heavy atom. The van der Waals surface area contributed by atoms with Crippen molar-refractivity contribution in [1.82, 2.24) is 4.90 Å². The lowest BCUT2D eigenvalue weighted by molar-refractivity contribution is 0.335. The Balaban J connectivity index is 1.77. The van der Waals surface area contributed by atoms with Crippen molar-refractivity contribution in [2.75, 3.05) is 13.2 Å². The van der Waals surface area contributed by atoms with Crippen LogP contribution in [0.15, 0.2) is 46.8 Å². The van der Waals surface area contributed by atoms with Crippen LogP contribution in [0.3, 0.4) is 0 Å². The number of thiophene rings is 1. The summed E-state index contributed by atoms with van der Waals surface area (Å²) < 4.78 is 5.49. The van der Waals surface area contributed by atoms with Crippen LogP contribution in [0.1, 0.15) is 23.4 Å². The van der Waals surface area contributed by atoms with E-state index < -0.39 is 0 Å². The van der Waals surface area contributed by atoms with Crippen molar-refractivity contribution in [3.63, 3.8) is 0 Å². The van der Waals surface area contributed by atoms with E-state index in [1.807, 2.05) is 19.1 Å². The monoisotopic (exact) mass is 301 g/mol. The molecule has 4 nitrogen and oxygen atoms in total. The van der Waals surface area contributed by atoms with Gasteiger partial charge in [-0.15, -0.1) is 11.3 Å². The predicted octanol–water partition coefficient (Wildman–Crippen LogP) is 3.02. The molecule has 0 radical (unpaired) electrons. The Kier molecular flexibility index (Phi) is 4.10. The highest BCUT2D eigenvalue weighted by Gasteiger charge is 2.27. The molecule has 3 rings (SSSR count). The number of benzene rings is 1. The molecule has 2 aromatic rings. The third kappa shape index (κ3) is 3.03. The molecule has 0 fully saturated rings. The molecular weight excluding hydrogens is 282 g/mol. The van der Waals surface area contributed by atoms with Gasteiger partial charge in [-0.25, -0.2) is 0 Å². The van der Waals surface area contributed by atoms with E-state index in [-0.39, 0.29) is 6.04 Å². The predicted molar refractivity (Wildman–Crippen MR) is 86.7 cm³/mol. The molecule has 2 N–H and O–H groups in total. The Morgan fingerprint density at radius 1 is 1.33 bits per heavy atom. The lowest BCUT2D eigenvalue weighted by Crippen LogP contribution is -2.35. The second kappa shape index (κ2) is 6.18. The van der Waals surface area contributed by atoms with Gasteiger partial charge in [0.05, 0.1) is 25.7 Å². The van der Waals surface area contributed by atoms with Crippen molar-refractivity contribution >= 4 is 17.3 Å². The van der Waals surface area contributed by atoms with E-state index in [0.29, 0.717) is 19.1 Å². The Labute approximate surface area is 128 Å². The molecule has 1 atom stereocenters. The second-order valence-corrected chi connectivity index (χ2v) is 5.96. The van der Waals surface area contributed by atoms with Gasteiger partial charge in [0.25, 0.3) is 0 Å². The van der Waals surface area contributed by atoms with Gasteiger partial charge in [0.2, 0.25) is 0 Å². The van der Waals surface area contributed by atoms with Crippen LogP contribution in [0.5, 0.6) is 5.75 Å². The zero-order valence-corrected chi connectivity index (χ0v) is 12.8. The molecule has 0 bridgehead atoms. The van der Waals surface area contributed by atoms with Gasteiger partial charge in [-0.2, -0.15) is 0 Å². The molecule has 0 saturated heterocycles. The van der Waals surface area contributed by atoms with E-state index in [4.69, 9.17) is 10.5 Å². The molecule has 0 saturated carbocycles. The van der Waals surface area contributed by atoms with Gasteiger partial charge in [0, 0.05) is 4.88 Å². The summed E-state index contributed by atoms with van der Waals surface area (Å²) in [5.41, 5.74) is 7.28. The maximum Gasteiger partial charge on any atom is 0.192 e. The van der Waals surface area contributed by atoms with Crippen LogP contribution >= 0.6 is 11.3 Å². The summed E-state index contributed by atoms with van der Waals surface area (Å²) >= 11 is 1.75. The maximum atomic E-state index is 6.06. The average molecular weight is 301 g/mol. The van der Waals surface area contributed by atoms with Crippen LogP contribution < -0.4 is 10.5 Å². The van der Waals surface area contributed by atoms with Crippen LogP contribution in [0.4, 0.5) is 0 Å².